The zero-order chi connectivity index (χ0) is 27.8. The summed E-state index contributed by atoms with van der Waals surface area (Å²) in [4.78, 5) is 38.9. The minimum absolute atomic E-state index is 0.0484. The van der Waals surface area contributed by atoms with Gasteiger partial charge in [0.15, 0.2) is 0 Å². The van der Waals surface area contributed by atoms with Crippen LogP contribution >= 0.6 is 0 Å². The Labute approximate surface area is 228 Å². The molecule has 2 heterocycles. The topological polar surface area (TPSA) is 114 Å². The lowest BCUT2D eigenvalue weighted by Gasteiger charge is -2.36. The monoisotopic (exact) mass is 532 g/mol. The Hall–Kier alpha value is -4.14. The quantitative estimate of drug-likeness (QED) is 0.390. The second-order valence-corrected chi connectivity index (χ2v) is 10.0. The fraction of sp³-hybridized carbons (Fsp3) is 0.400. The molecule has 0 unspecified atom stereocenters. The van der Waals surface area contributed by atoms with Crippen LogP contribution in [0.2, 0.25) is 0 Å². The zero-order valence-electron chi connectivity index (χ0n) is 22.5. The summed E-state index contributed by atoms with van der Waals surface area (Å²) >= 11 is 0. The number of nitrogens with one attached hydrogen (secondary N) is 1. The molecule has 4 rings (SSSR count). The minimum atomic E-state index is -0.951. The van der Waals surface area contributed by atoms with E-state index in [0.29, 0.717) is 44.5 Å². The maximum atomic E-state index is 13.1. The number of rotatable bonds is 11. The van der Waals surface area contributed by atoms with Gasteiger partial charge >= 0.3 is 5.97 Å². The van der Waals surface area contributed by atoms with E-state index in [9.17, 15) is 14.4 Å². The van der Waals surface area contributed by atoms with Crippen molar-refractivity contribution in [2.75, 3.05) is 26.7 Å². The van der Waals surface area contributed by atoms with Gasteiger partial charge in [0.25, 0.3) is 0 Å². The van der Waals surface area contributed by atoms with E-state index in [1.165, 1.54) is 0 Å². The lowest BCUT2D eigenvalue weighted by molar-refractivity contribution is -0.137. The van der Waals surface area contributed by atoms with Gasteiger partial charge in [0.1, 0.15) is 5.75 Å². The van der Waals surface area contributed by atoms with Crippen molar-refractivity contribution in [3.63, 3.8) is 0 Å². The molecule has 2 amide bonds. The van der Waals surface area contributed by atoms with Gasteiger partial charge in [0.05, 0.1) is 25.6 Å². The van der Waals surface area contributed by atoms with Gasteiger partial charge in [-0.15, -0.1) is 0 Å². The van der Waals surface area contributed by atoms with Gasteiger partial charge in [0.2, 0.25) is 11.8 Å². The number of aromatic nitrogens is 2. The van der Waals surface area contributed by atoms with Crippen molar-refractivity contribution < 1.29 is 24.2 Å². The van der Waals surface area contributed by atoms with E-state index in [1.807, 2.05) is 48.6 Å². The molecule has 1 aromatic heterocycles. The molecule has 0 spiro atoms. The number of amides is 2. The first-order valence-electron chi connectivity index (χ1n) is 13.3. The second kappa shape index (κ2) is 13.1. The number of hydrogen-bond donors (Lipinski definition) is 2. The Balaban J connectivity index is 1.32. The Bertz CT molecular complexity index is 1260. The lowest BCUT2D eigenvalue weighted by atomic mass is 9.79. The standard InChI is InChI=1S/C30H36N4O5/c1-33-20-25(19-32-33)22-6-3-21(4-7-22)5-12-27(35)34-17-14-24(15-18-34)29(30(38)31-16-13-28(36)37)23-8-10-26(39-2)11-9-23/h3-4,6-11,19-20,24,29H,5,12-18H2,1-2H3,(H,31,38)(H,36,37)/t29-/m1/s1. The molecule has 39 heavy (non-hydrogen) atoms. The number of carboxylic acid groups (broad SMARTS) is 1. The first-order valence-corrected chi connectivity index (χ1v) is 13.3. The lowest BCUT2D eigenvalue weighted by Crippen LogP contribution is -2.43. The highest BCUT2D eigenvalue weighted by atomic mass is 16.5. The summed E-state index contributed by atoms with van der Waals surface area (Å²) in [5.74, 6) is -0.673. The van der Waals surface area contributed by atoms with Crippen molar-refractivity contribution in [1.82, 2.24) is 20.0 Å². The largest absolute Gasteiger partial charge is 0.497 e. The Morgan fingerprint density at radius 2 is 1.72 bits per heavy atom. The predicted molar refractivity (Wildman–Crippen MR) is 147 cm³/mol. The molecule has 0 bridgehead atoms. The number of hydrogen-bond acceptors (Lipinski definition) is 5. The van der Waals surface area contributed by atoms with Crippen LogP contribution in [0.3, 0.4) is 0 Å². The third-order valence-corrected chi connectivity index (χ3v) is 7.38. The summed E-state index contributed by atoms with van der Waals surface area (Å²) in [6.07, 6.45) is 6.20. The first kappa shape index (κ1) is 27.9. The van der Waals surface area contributed by atoms with Gasteiger partial charge in [-0.1, -0.05) is 36.4 Å². The van der Waals surface area contributed by atoms with Gasteiger partial charge in [0, 0.05) is 44.9 Å². The van der Waals surface area contributed by atoms with Crippen LogP contribution in [0, 0.1) is 5.92 Å². The number of aryl methyl sites for hydroxylation is 2. The van der Waals surface area contributed by atoms with Crippen molar-refractivity contribution in [1.29, 1.82) is 0 Å². The van der Waals surface area contributed by atoms with E-state index in [0.717, 1.165) is 22.3 Å². The molecule has 0 aliphatic carbocycles. The molecule has 9 nitrogen and oxygen atoms in total. The Kier molecular flexibility index (Phi) is 9.35. The van der Waals surface area contributed by atoms with Crippen LogP contribution in [0.25, 0.3) is 11.1 Å². The molecule has 3 aromatic rings. The number of nitrogens with zero attached hydrogens (tertiary/aromatic N) is 3. The molecular formula is C30H36N4O5. The van der Waals surface area contributed by atoms with Crippen LogP contribution < -0.4 is 10.1 Å². The van der Waals surface area contributed by atoms with Crippen molar-refractivity contribution in [3.05, 3.63) is 72.1 Å². The van der Waals surface area contributed by atoms with Gasteiger partial charge in [-0.2, -0.15) is 5.10 Å². The summed E-state index contributed by atoms with van der Waals surface area (Å²) in [5, 5.41) is 15.9. The molecule has 2 aromatic carbocycles. The predicted octanol–water partition coefficient (Wildman–Crippen LogP) is 3.64. The van der Waals surface area contributed by atoms with Gasteiger partial charge in [-0.05, 0) is 54.0 Å². The maximum Gasteiger partial charge on any atom is 0.305 e. The average Bonchev–Trinajstić information content (AvgIpc) is 3.39. The molecule has 1 saturated heterocycles. The van der Waals surface area contributed by atoms with E-state index in [-0.39, 0.29) is 30.7 Å². The molecule has 0 radical (unpaired) electrons. The summed E-state index contributed by atoms with van der Waals surface area (Å²) in [5.41, 5.74) is 4.14. The van der Waals surface area contributed by atoms with Crippen molar-refractivity contribution >= 4 is 17.8 Å². The molecule has 1 aliphatic rings. The number of piperidine rings is 1. The van der Waals surface area contributed by atoms with Crippen LogP contribution in [0.4, 0.5) is 0 Å². The average molecular weight is 533 g/mol. The van der Waals surface area contributed by atoms with Crippen LogP contribution in [0.1, 0.15) is 42.7 Å². The highest BCUT2D eigenvalue weighted by molar-refractivity contribution is 5.84. The number of carbonyl (C=O) groups excluding carboxylic acids is 2. The Morgan fingerprint density at radius 3 is 2.31 bits per heavy atom. The highest BCUT2D eigenvalue weighted by Crippen LogP contribution is 2.34. The van der Waals surface area contributed by atoms with Crippen LogP contribution in [-0.2, 0) is 27.9 Å². The smallest absolute Gasteiger partial charge is 0.305 e. The third-order valence-electron chi connectivity index (χ3n) is 7.38. The number of likely N-dealkylation sites (tertiary alicyclic amines) is 1. The van der Waals surface area contributed by atoms with E-state index in [4.69, 9.17) is 9.84 Å². The maximum absolute atomic E-state index is 13.1. The molecular weight excluding hydrogens is 496 g/mol. The van der Waals surface area contributed by atoms with E-state index >= 15 is 0 Å². The molecule has 1 fully saturated rings. The summed E-state index contributed by atoms with van der Waals surface area (Å²) < 4.78 is 7.03. The van der Waals surface area contributed by atoms with E-state index in [2.05, 4.69) is 34.7 Å². The van der Waals surface area contributed by atoms with Gasteiger partial charge < -0.3 is 20.1 Å². The SMILES string of the molecule is COc1ccc([C@@H](C(=O)NCCC(=O)O)C2CCN(C(=O)CCc3ccc(-c4cnn(C)c4)cc3)CC2)cc1. The first-order chi connectivity index (χ1) is 18.8. The fourth-order valence-electron chi connectivity index (χ4n) is 5.18. The number of methoxy groups -OCH3 is 1. The van der Waals surface area contributed by atoms with E-state index in [1.54, 1.807) is 11.8 Å². The van der Waals surface area contributed by atoms with Crippen molar-refractivity contribution in [2.45, 2.75) is 38.0 Å². The summed E-state index contributed by atoms with van der Waals surface area (Å²) in [7, 11) is 3.48. The molecule has 1 atom stereocenters. The summed E-state index contributed by atoms with van der Waals surface area (Å²) in [6, 6.07) is 15.7. The third kappa shape index (κ3) is 7.46. The van der Waals surface area contributed by atoms with Gasteiger partial charge in [-0.3, -0.25) is 19.1 Å². The van der Waals surface area contributed by atoms with Crippen molar-refractivity contribution in [2.24, 2.45) is 13.0 Å². The second-order valence-electron chi connectivity index (χ2n) is 10.0. The van der Waals surface area contributed by atoms with E-state index < -0.39 is 11.9 Å². The molecule has 0 saturated carbocycles. The molecule has 1 aliphatic heterocycles. The summed E-state index contributed by atoms with van der Waals surface area (Å²) in [6.45, 7) is 1.28. The number of ether oxygens (including phenoxy) is 1. The van der Waals surface area contributed by atoms with Crippen molar-refractivity contribution in [3.8, 4) is 16.9 Å². The molecule has 2 N–H and O–H groups in total. The fourth-order valence-corrected chi connectivity index (χ4v) is 5.18. The van der Waals surface area contributed by atoms with Crippen LogP contribution in [-0.4, -0.2) is 64.3 Å². The minimum Gasteiger partial charge on any atom is -0.497 e. The van der Waals surface area contributed by atoms with Crippen LogP contribution in [0.5, 0.6) is 5.75 Å². The molecule has 9 heteroatoms. The van der Waals surface area contributed by atoms with Gasteiger partial charge in [-0.25, -0.2) is 0 Å². The highest BCUT2D eigenvalue weighted by Gasteiger charge is 2.33. The zero-order valence-corrected chi connectivity index (χ0v) is 22.5. The van der Waals surface area contributed by atoms with Crippen LogP contribution in [0.15, 0.2) is 60.9 Å². The number of aliphatic carboxylic acids is 1. The number of carboxylic acids is 1. The Morgan fingerprint density at radius 1 is 1.03 bits per heavy atom. The normalized spacial score (nSPS) is 14.6. The number of benzene rings is 2. The number of carbonyl (C=O) groups is 3. The molecule has 206 valence electrons.